The van der Waals surface area contributed by atoms with Crippen LogP contribution in [0.15, 0.2) is 60.7 Å². The van der Waals surface area contributed by atoms with Gasteiger partial charge >= 0.3 is 5.97 Å². The summed E-state index contributed by atoms with van der Waals surface area (Å²) in [5.74, 6) is -0.890. The Hall–Kier alpha value is -3.05. The molecule has 5 heteroatoms. The Morgan fingerprint density at radius 1 is 0.880 bits per heavy atom. The number of nitrogens with zero attached hydrogens (tertiary/aromatic N) is 2. The highest BCUT2D eigenvalue weighted by molar-refractivity contribution is 5.94. The third-order valence-corrected chi connectivity index (χ3v) is 4.38. The zero-order valence-corrected chi connectivity index (χ0v) is 14.2. The summed E-state index contributed by atoms with van der Waals surface area (Å²) in [4.78, 5) is 10.8. The third-order valence-electron chi connectivity index (χ3n) is 4.38. The number of para-hydroxylation sites is 2. The maximum atomic E-state index is 10.8. The summed E-state index contributed by atoms with van der Waals surface area (Å²) in [6.45, 7) is 0.102. The Bertz CT molecular complexity index is 1040. The Balaban J connectivity index is 0.000000146. The second kappa shape index (κ2) is 6.83. The molecule has 0 atom stereocenters. The summed E-state index contributed by atoms with van der Waals surface area (Å²) < 4.78 is 3.69. The number of aromatic carboxylic acids is 1. The molecule has 4 aromatic rings. The van der Waals surface area contributed by atoms with Crippen LogP contribution in [0.5, 0.6) is 0 Å². The number of carbonyl (C=O) groups is 1. The molecule has 0 saturated heterocycles. The van der Waals surface area contributed by atoms with Gasteiger partial charge in [-0.2, -0.15) is 0 Å². The van der Waals surface area contributed by atoms with Crippen LogP contribution in [0.2, 0.25) is 0 Å². The van der Waals surface area contributed by atoms with Crippen molar-refractivity contribution >= 4 is 27.8 Å². The van der Waals surface area contributed by atoms with Gasteiger partial charge in [0.05, 0.1) is 6.61 Å². The smallest absolute Gasteiger partial charge is 0.352 e. The highest BCUT2D eigenvalue weighted by atomic mass is 16.4. The summed E-state index contributed by atoms with van der Waals surface area (Å²) in [5.41, 5.74) is 3.39. The summed E-state index contributed by atoms with van der Waals surface area (Å²) in [6.07, 6.45) is 0. The first-order valence-electron chi connectivity index (χ1n) is 7.95. The number of fused-ring (bicyclic) bond motifs is 2. The lowest BCUT2D eigenvalue weighted by molar-refractivity contribution is 0.0687. The maximum absolute atomic E-state index is 10.8. The topological polar surface area (TPSA) is 67.4 Å². The first-order chi connectivity index (χ1) is 12.0. The lowest BCUT2D eigenvalue weighted by Gasteiger charge is -1.98. The molecule has 25 heavy (non-hydrogen) atoms. The average Bonchev–Trinajstić information content (AvgIpc) is 3.14. The molecule has 2 N–H and O–H groups in total. The summed E-state index contributed by atoms with van der Waals surface area (Å²) in [6, 6.07) is 19.4. The number of hydrogen-bond donors (Lipinski definition) is 2. The van der Waals surface area contributed by atoms with Gasteiger partial charge < -0.3 is 19.3 Å². The number of rotatable bonds is 2. The van der Waals surface area contributed by atoms with Crippen LogP contribution < -0.4 is 0 Å². The predicted molar refractivity (Wildman–Crippen MR) is 98.7 cm³/mol. The third kappa shape index (κ3) is 3.14. The van der Waals surface area contributed by atoms with Gasteiger partial charge in [-0.05, 0) is 29.7 Å². The fourth-order valence-electron chi connectivity index (χ4n) is 2.99. The van der Waals surface area contributed by atoms with Crippen LogP contribution in [0.25, 0.3) is 21.8 Å². The summed E-state index contributed by atoms with van der Waals surface area (Å²) in [7, 11) is 3.72. The Morgan fingerprint density at radius 3 is 1.88 bits per heavy atom. The molecule has 0 aliphatic carbocycles. The molecule has 128 valence electrons. The van der Waals surface area contributed by atoms with Crippen molar-refractivity contribution in [2.45, 2.75) is 6.61 Å². The number of aliphatic hydroxyl groups is 1. The van der Waals surface area contributed by atoms with Gasteiger partial charge in [-0.25, -0.2) is 4.79 Å². The van der Waals surface area contributed by atoms with Gasteiger partial charge in [0.15, 0.2) is 0 Å². The first-order valence-corrected chi connectivity index (χ1v) is 7.95. The minimum Gasteiger partial charge on any atom is -0.477 e. The monoisotopic (exact) mass is 336 g/mol. The average molecular weight is 336 g/mol. The number of aryl methyl sites for hydroxylation is 2. The molecule has 0 unspecified atom stereocenters. The number of aromatic nitrogens is 2. The van der Waals surface area contributed by atoms with Crippen LogP contribution in [-0.2, 0) is 20.7 Å². The lowest BCUT2D eigenvalue weighted by Crippen LogP contribution is -2.03. The number of carboxylic acids is 1. The van der Waals surface area contributed by atoms with E-state index < -0.39 is 5.97 Å². The van der Waals surface area contributed by atoms with Crippen molar-refractivity contribution in [3.05, 3.63) is 72.1 Å². The van der Waals surface area contributed by atoms with Crippen molar-refractivity contribution in [1.82, 2.24) is 9.13 Å². The number of benzene rings is 2. The van der Waals surface area contributed by atoms with Crippen LogP contribution in [0.3, 0.4) is 0 Å². The molecule has 0 aliphatic rings. The minimum atomic E-state index is -0.890. The van der Waals surface area contributed by atoms with Gasteiger partial charge in [0.1, 0.15) is 5.69 Å². The Labute approximate surface area is 145 Å². The van der Waals surface area contributed by atoms with Crippen molar-refractivity contribution in [3.63, 3.8) is 0 Å². The second-order valence-corrected chi connectivity index (χ2v) is 5.86. The summed E-state index contributed by atoms with van der Waals surface area (Å²) >= 11 is 0. The zero-order chi connectivity index (χ0) is 18.0. The van der Waals surface area contributed by atoms with Gasteiger partial charge in [-0.3, -0.25) is 0 Å². The molecule has 0 saturated carbocycles. The first kappa shape index (κ1) is 16.8. The highest BCUT2D eigenvalue weighted by Crippen LogP contribution is 2.18. The Morgan fingerprint density at radius 2 is 1.40 bits per heavy atom. The largest absolute Gasteiger partial charge is 0.477 e. The second-order valence-electron chi connectivity index (χ2n) is 5.86. The van der Waals surface area contributed by atoms with E-state index in [1.165, 1.54) is 10.9 Å². The highest BCUT2D eigenvalue weighted by Gasteiger charge is 2.10. The molecule has 2 aromatic heterocycles. The number of aliphatic hydroxyl groups excluding tert-OH is 1. The van der Waals surface area contributed by atoms with Gasteiger partial charge in [0.25, 0.3) is 0 Å². The van der Waals surface area contributed by atoms with Crippen LogP contribution in [-0.4, -0.2) is 25.3 Å². The van der Waals surface area contributed by atoms with E-state index in [0.29, 0.717) is 5.69 Å². The maximum Gasteiger partial charge on any atom is 0.352 e. The quantitative estimate of drug-likeness (QED) is 0.588. The van der Waals surface area contributed by atoms with E-state index in [1.807, 2.05) is 54.1 Å². The Kier molecular flexibility index (Phi) is 4.59. The van der Waals surface area contributed by atoms with Crippen molar-refractivity contribution in [1.29, 1.82) is 0 Å². The minimum absolute atomic E-state index is 0.102. The van der Waals surface area contributed by atoms with Gasteiger partial charge in [0.2, 0.25) is 0 Å². The predicted octanol–water partition coefficient (Wildman–Crippen LogP) is 3.55. The van der Waals surface area contributed by atoms with Crippen LogP contribution in [0.1, 0.15) is 16.2 Å². The molecule has 0 bridgehead atoms. The zero-order valence-electron chi connectivity index (χ0n) is 14.2. The summed E-state index contributed by atoms with van der Waals surface area (Å²) in [5, 5.41) is 20.0. The molecule has 0 amide bonds. The molecule has 2 aromatic carbocycles. The van der Waals surface area contributed by atoms with Crippen LogP contribution in [0, 0.1) is 0 Å². The molecule has 0 aliphatic heterocycles. The van der Waals surface area contributed by atoms with E-state index >= 15 is 0 Å². The van der Waals surface area contributed by atoms with E-state index in [9.17, 15) is 4.79 Å². The van der Waals surface area contributed by atoms with Gasteiger partial charge in [0, 0.05) is 36.2 Å². The standard InChI is InChI=1S/C10H9NO2.C10H11NO/c1-11-8-5-3-2-4-7(8)6-9(11)10(12)13;1-11-9(7-12)6-8-4-2-3-5-10(8)11/h2-6H,1H3,(H,12,13);2-6,12H,7H2,1H3. The normalized spacial score (nSPS) is 10.7. The SMILES string of the molecule is Cn1c(C(=O)O)cc2ccccc21.Cn1c(CO)cc2ccccc21. The van der Waals surface area contributed by atoms with Crippen molar-refractivity contribution in [2.75, 3.05) is 0 Å². The molecule has 4 rings (SSSR count). The lowest BCUT2D eigenvalue weighted by atomic mass is 10.2. The molecule has 0 fully saturated rings. The van der Waals surface area contributed by atoms with E-state index in [2.05, 4.69) is 12.1 Å². The fourth-order valence-corrected chi connectivity index (χ4v) is 2.99. The van der Waals surface area contributed by atoms with E-state index in [-0.39, 0.29) is 6.61 Å². The molecular formula is C20H20N2O3. The van der Waals surface area contributed by atoms with E-state index in [4.69, 9.17) is 10.2 Å². The number of hydrogen-bond acceptors (Lipinski definition) is 2. The van der Waals surface area contributed by atoms with E-state index in [1.54, 1.807) is 17.7 Å². The molecule has 2 heterocycles. The van der Waals surface area contributed by atoms with Crippen LogP contribution in [0.4, 0.5) is 0 Å². The molecular weight excluding hydrogens is 316 g/mol. The van der Waals surface area contributed by atoms with Crippen molar-refractivity contribution in [3.8, 4) is 0 Å². The van der Waals surface area contributed by atoms with E-state index in [0.717, 1.165) is 16.6 Å². The molecule has 0 spiro atoms. The molecule has 5 nitrogen and oxygen atoms in total. The van der Waals surface area contributed by atoms with Gasteiger partial charge in [-0.1, -0.05) is 36.4 Å². The van der Waals surface area contributed by atoms with Crippen molar-refractivity contribution in [2.24, 2.45) is 14.1 Å². The van der Waals surface area contributed by atoms with Crippen molar-refractivity contribution < 1.29 is 15.0 Å². The number of carboxylic acid groups (broad SMARTS) is 1. The fraction of sp³-hybridized carbons (Fsp3) is 0.150. The van der Waals surface area contributed by atoms with Crippen LogP contribution >= 0.6 is 0 Å². The molecule has 0 radical (unpaired) electrons. The van der Waals surface area contributed by atoms with Gasteiger partial charge in [-0.15, -0.1) is 0 Å².